The number of allylic oxidation sites excluding steroid dienone is 1. The van der Waals surface area contributed by atoms with Crippen molar-refractivity contribution in [3.05, 3.63) is 57.7 Å². The van der Waals surface area contributed by atoms with Crippen LogP contribution >= 0.6 is 0 Å². The molecule has 0 radical (unpaired) electrons. The quantitative estimate of drug-likeness (QED) is 0.387. The zero-order valence-corrected chi connectivity index (χ0v) is 24.5. The van der Waals surface area contributed by atoms with Crippen molar-refractivity contribution in [1.29, 1.82) is 0 Å². The average molecular weight is 551 g/mol. The van der Waals surface area contributed by atoms with E-state index in [4.69, 9.17) is 14.5 Å². The molecule has 1 aromatic heterocycles. The van der Waals surface area contributed by atoms with Crippen LogP contribution in [0.3, 0.4) is 0 Å². The second-order valence-corrected chi connectivity index (χ2v) is 12.0. The first-order chi connectivity index (χ1) is 18.7. The minimum absolute atomic E-state index is 0.00588. The fraction of sp³-hybridized carbons (Fsp3) is 0.469. The Morgan fingerprint density at radius 3 is 2.60 bits per heavy atom. The summed E-state index contributed by atoms with van der Waals surface area (Å²) in [6, 6.07) is 0. The molecule has 1 aliphatic carbocycles. The van der Waals surface area contributed by atoms with E-state index < -0.39 is 23.3 Å². The van der Waals surface area contributed by atoms with Gasteiger partial charge in [-0.15, -0.1) is 6.58 Å². The molecule has 0 saturated carbocycles. The zero-order chi connectivity index (χ0) is 29.5. The summed E-state index contributed by atoms with van der Waals surface area (Å²) in [5.41, 5.74) is 4.31. The molecule has 7 nitrogen and oxygen atoms in total. The first-order valence-electron chi connectivity index (χ1n) is 13.8. The highest BCUT2D eigenvalue weighted by Crippen LogP contribution is 2.51. The molecule has 2 aliphatic rings. The lowest BCUT2D eigenvalue weighted by Gasteiger charge is -2.30. The third kappa shape index (κ3) is 5.49. The lowest BCUT2D eigenvalue weighted by Crippen LogP contribution is -2.29. The Balaban J connectivity index is 2.10. The van der Waals surface area contributed by atoms with Crippen LogP contribution in [0.1, 0.15) is 80.6 Å². The van der Waals surface area contributed by atoms with Crippen molar-refractivity contribution < 1.29 is 28.6 Å². The topological polar surface area (TPSA) is 97.8 Å². The summed E-state index contributed by atoms with van der Waals surface area (Å²) in [7, 11) is 0. The SMILES string of the molecule is C=CC1C(C(=O)NCC(C)C)=Cc2c1nc(C)c(CC(=O)O)c2-c1c(C)c2c(c(F)c1OC(C)(C)C)OCCC2. The second-order valence-electron chi connectivity index (χ2n) is 12.0. The average Bonchev–Trinajstić information content (AvgIpc) is 3.24. The number of hydrogen-bond acceptors (Lipinski definition) is 5. The smallest absolute Gasteiger partial charge is 0.307 e. The van der Waals surface area contributed by atoms with Gasteiger partial charge in [-0.2, -0.15) is 4.39 Å². The number of nitrogens with one attached hydrogen (secondary N) is 1. The Kier molecular flexibility index (Phi) is 8.11. The maximum absolute atomic E-state index is 16.3. The standard InChI is InChI=1S/C32H39FN2O5/c1-9-19-22(31(38)34-15-16(2)3)13-23-26(21(14-24(36)37)18(5)35-28(19)23)25-17(4)20-11-10-12-39-29(20)27(33)30(25)40-32(6,7)8/h9,13,16,19H,1,10-12,14-15H2,2-8H3,(H,34,38)(H,36,37). The Bertz CT molecular complexity index is 1420. The van der Waals surface area contributed by atoms with Gasteiger partial charge in [-0.1, -0.05) is 19.9 Å². The normalized spacial score (nSPS) is 16.1. The molecule has 0 spiro atoms. The summed E-state index contributed by atoms with van der Waals surface area (Å²) >= 11 is 0. The molecule has 0 bridgehead atoms. The summed E-state index contributed by atoms with van der Waals surface area (Å²) in [4.78, 5) is 30.2. The summed E-state index contributed by atoms with van der Waals surface area (Å²) < 4.78 is 28.4. The molecule has 1 atom stereocenters. The highest BCUT2D eigenvalue weighted by atomic mass is 19.1. The summed E-state index contributed by atoms with van der Waals surface area (Å²) in [5, 5.41) is 12.9. The molecule has 40 heavy (non-hydrogen) atoms. The van der Waals surface area contributed by atoms with Gasteiger partial charge in [-0.05, 0) is 70.6 Å². The van der Waals surface area contributed by atoms with Gasteiger partial charge in [0.2, 0.25) is 11.7 Å². The monoisotopic (exact) mass is 550 g/mol. The fourth-order valence-electron chi connectivity index (χ4n) is 5.47. The van der Waals surface area contributed by atoms with E-state index in [1.165, 1.54) is 0 Å². The van der Waals surface area contributed by atoms with Gasteiger partial charge >= 0.3 is 5.97 Å². The first kappa shape index (κ1) is 29.3. The van der Waals surface area contributed by atoms with Crippen LogP contribution in [-0.4, -0.2) is 40.7 Å². The molecule has 1 aromatic carbocycles. The number of ether oxygens (including phenoxy) is 2. The molecule has 2 heterocycles. The van der Waals surface area contributed by atoms with E-state index in [0.29, 0.717) is 58.8 Å². The predicted octanol–water partition coefficient (Wildman–Crippen LogP) is 6.07. The van der Waals surface area contributed by atoms with Crippen molar-refractivity contribution in [2.45, 2.75) is 79.2 Å². The minimum Gasteiger partial charge on any atom is -0.490 e. The molecule has 0 fully saturated rings. The number of aromatic nitrogens is 1. The van der Waals surface area contributed by atoms with E-state index in [1.807, 2.05) is 41.5 Å². The zero-order valence-electron chi connectivity index (χ0n) is 24.5. The number of aliphatic carboxylic acids is 1. The number of rotatable bonds is 8. The van der Waals surface area contributed by atoms with Crippen LogP contribution < -0.4 is 14.8 Å². The number of carbonyl (C=O) groups is 2. The summed E-state index contributed by atoms with van der Waals surface area (Å²) in [6.07, 6.45) is 4.45. The molecular formula is C32H39FN2O5. The third-order valence-electron chi connectivity index (χ3n) is 7.20. The molecular weight excluding hydrogens is 511 g/mol. The second kappa shape index (κ2) is 11.1. The molecule has 214 valence electrons. The van der Waals surface area contributed by atoms with Crippen molar-refractivity contribution >= 4 is 18.0 Å². The lowest BCUT2D eigenvalue weighted by molar-refractivity contribution is -0.136. The van der Waals surface area contributed by atoms with Crippen LogP contribution in [0, 0.1) is 25.6 Å². The van der Waals surface area contributed by atoms with Gasteiger partial charge in [0.15, 0.2) is 11.5 Å². The number of carboxylic acid groups (broad SMARTS) is 1. The minimum atomic E-state index is -1.04. The van der Waals surface area contributed by atoms with E-state index in [1.54, 1.807) is 19.1 Å². The van der Waals surface area contributed by atoms with Crippen LogP contribution in [-0.2, 0) is 22.4 Å². The number of aryl methyl sites for hydroxylation is 1. The third-order valence-corrected chi connectivity index (χ3v) is 7.20. The van der Waals surface area contributed by atoms with Crippen LogP contribution in [0.15, 0.2) is 18.2 Å². The van der Waals surface area contributed by atoms with Crippen LogP contribution in [0.25, 0.3) is 17.2 Å². The number of carbonyl (C=O) groups excluding carboxylic acids is 1. The van der Waals surface area contributed by atoms with Crippen LogP contribution in [0.2, 0.25) is 0 Å². The van der Waals surface area contributed by atoms with Gasteiger partial charge in [0.05, 0.1) is 24.6 Å². The van der Waals surface area contributed by atoms with Crippen molar-refractivity contribution in [2.24, 2.45) is 5.92 Å². The van der Waals surface area contributed by atoms with E-state index >= 15 is 4.39 Å². The molecule has 0 saturated heterocycles. The molecule has 4 rings (SSSR count). The van der Waals surface area contributed by atoms with Gasteiger partial charge < -0.3 is 19.9 Å². The van der Waals surface area contributed by atoms with Gasteiger partial charge in [-0.3, -0.25) is 14.6 Å². The summed E-state index contributed by atoms with van der Waals surface area (Å²) in [6.45, 7) is 18.0. The number of amides is 1. The molecule has 1 amide bonds. The first-order valence-corrected chi connectivity index (χ1v) is 13.8. The highest BCUT2D eigenvalue weighted by molar-refractivity contribution is 6.04. The number of nitrogens with zero attached hydrogens (tertiary/aromatic N) is 1. The molecule has 1 aliphatic heterocycles. The van der Waals surface area contributed by atoms with Crippen LogP contribution in [0.5, 0.6) is 11.5 Å². The largest absolute Gasteiger partial charge is 0.490 e. The highest BCUT2D eigenvalue weighted by Gasteiger charge is 2.37. The Labute approximate surface area is 235 Å². The maximum atomic E-state index is 16.3. The predicted molar refractivity (Wildman–Crippen MR) is 153 cm³/mol. The van der Waals surface area contributed by atoms with E-state index in [-0.39, 0.29) is 29.7 Å². The summed E-state index contributed by atoms with van der Waals surface area (Å²) in [5.74, 6) is -1.94. The van der Waals surface area contributed by atoms with E-state index in [2.05, 4.69) is 11.9 Å². The molecule has 2 aromatic rings. The molecule has 8 heteroatoms. The Morgan fingerprint density at radius 2 is 2.00 bits per heavy atom. The van der Waals surface area contributed by atoms with Gasteiger partial charge in [0.1, 0.15) is 5.60 Å². The number of pyridine rings is 1. The van der Waals surface area contributed by atoms with Crippen molar-refractivity contribution in [2.75, 3.05) is 13.2 Å². The number of halogens is 1. The van der Waals surface area contributed by atoms with E-state index in [0.717, 1.165) is 17.5 Å². The van der Waals surface area contributed by atoms with Crippen molar-refractivity contribution in [1.82, 2.24) is 10.3 Å². The number of carboxylic acids is 1. The van der Waals surface area contributed by atoms with Crippen molar-refractivity contribution in [3.63, 3.8) is 0 Å². The number of fused-ring (bicyclic) bond motifs is 2. The Hall–Kier alpha value is -3.68. The number of benzene rings is 1. The van der Waals surface area contributed by atoms with Crippen molar-refractivity contribution in [3.8, 4) is 22.6 Å². The Morgan fingerprint density at radius 1 is 1.30 bits per heavy atom. The maximum Gasteiger partial charge on any atom is 0.307 e. The number of hydrogen-bond donors (Lipinski definition) is 2. The van der Waals surface area contributed by atoms with E-state index in [9.17, 15) is 14.7 Å². The molecule has 2 N–H and O–H groups in total. The fourth-order valence-corrected chi connectivity index (χ4v) is 5.47. The lowest BCUT2D eigenvalue weighted by atomic mass is 9.84. The van der Waals surface area contributed by atoms with Crippen LogP contribution in [0.4, 0.5) is 4.39 Å². The van der Waals surface area contributed by atoms with Gasteiger partial charge in [0.25, 0.3) is 0 Å². The van der Waals surface area contributed by atoms with Gasteiger partial charge in [0, 0.05) is 40.1 Å². The van der Waals surface area contributed by atoms with Gasteiger partial charge in [-0.25, -0.2) is 0 Å². The molecule has 1 unspecified atom stereocenters.